The molecule has 11 rings (SSSR count). The lowest BCUT2D eigenvalue weighted by Gasteiger charge is -2.27. The third-order valence-electron chi connectivity index (χ3n) is 11.2. The van der Waals surface area contributed by atoms with Gasteiger partial charge in [-0.05, 0) is 112 Å². The fraction of sp³-hybridized carbons (Fsp3) is 0. The second-order valence-electron chi connectivity index (χ2n) is 14.7. The van der Waals surface area contributed by atoms with E-state index in [4.69, 9.17) is 0 Å². The molecule has 0 atom stereocenters. The van der Waals surface area contributed by atoms with Crippen molar-refractivity contribution >= 4 is 77.5 Å². The molecule has 11 aromatic rings. The number of anilines is 6. The first-order valence-electron chi connectivity index (χ1n) is 21.9. The highest BCUT2D eigenvalue weighted by Crippen LogP contribution is 2.44. The van der Waals surface area contributed by atoms with Gasteiger partial charge in [0.15, 0.2) is 0 Å². The van der Waals surface area contributed by atoms with Crippen LogP contribution in [0.3, 0.4) is 0 Å². The Kier molecular flexibility index (Phi) is 7.48. The zero-order valence-electron chi connectivity index (χ0n) is 36.0. The number of benzene rings is 10. The van der Waals surface area contributed by atoms with Gasteiger partial charge in [0, 0.05) is 50.3 Å². The van der Waals surface area contributed by atoms with Crippen LogP contribution in [0.1, 0.15) is 5.48 Å². The Labute approximate surface area is 349 Å². The molecule has 0 aliphatic heterocycles. The lowest BCUT2D eigenvalue weighted by molar-refractivity contribution is 1.18. The summed E-state index contributed by atoms with van der Waals surface area (Å²) in [7, 11) is 0. The van der Waals surface area contributed by atoms with Gasteiger partial charge in [0.25, 0.3) is 0 Å². The molecule has 0 unspecified atom stereocenters. The molecule has 3 heteroatoms. The Bertz CT molecular complexity index is 3490. The van der Waals surface area contributed by atoms with Crippen molar-refractivity contribution in [3.8, 4) is 16.8 Å². The highest BCUT2D eigenvalue weighted by atomic mass is 15.1. The minimum atomic E-state index is -0.121. The summed E-state index contributed by atoms with van der Waals surface area (Å²) in [6, 6.07) is 71.3. The molecule has 3 nitrogen and oxygen atoms in total. The van der Waals surface area contributed by atoms with E-state index in [2.05, 4.69) is 107 Å². The molecule has 0 saturated heterocycles. The summed E-state index contributed by atoms with van der Waals surface area (Å²) in [6.07, 6.45) is 0. The lowest BCUT2D eigenvalue weighted by atomic mass is 9.96. The molecule has 0 fully saturated rings. The van der Waals surface area contributed by atoms with Crippen molar-refractivity contribution in [3.05, 3.63) is 236 Å². The van der Waals surface area contributed by atoms with Crippen molar-refractivity contribution in [2.24, 2.45) is 0 Å². The van der Waals surface area contributed by atoms with Crippen LogP contribution < -0.4 is 9.80 Å². The Hall–Kier alpha value is -7.88. The van der Waals surface area contributed by atoms with Crippen LogP contribution in [-0.4, -0.2) is 4.57 Å². The molecule has 0 bridgehead atoms. The molecule has 10 aromatic carbocycles. The summed E-state index contributed by atoms with van der Waals surface area (Å²) < 4.78 is 40.8. The molecule has 0 spiro atoms. The lowest BCUT2D eigenvalue weighted by Crippen LogP contribution is -2.10. The molecule has 0 aliphatic rings. The molecule has 1 heterocycles. The van der Waals surface area contributed by atoms with Gasteiger partial charge in [0.2, 0.25) is 0 Å². The van der Waals surface area contributed by atoms with E-state index >= 15 is 0 Å². The number of para-hydroxylation sites is 4. The fourth-order valence-corrected chi connectivity index (χ4v) is 8.52. The van der Waals surface area contributed by atoms with Gasteiger partial charge in [-0.3, -0.25) is 0 Å². The van der Waals surface area contributed by atoms with Crippen LogP contribution in [0.4, 0.5) is 34.1 Å². The second kappa shape index (κ2) is 14.6. The normalized spacial score (nSPS) is 12.3. The summed E-state index contributed by atoms with van der Waals surface area (Å²) >= 11 is 0. The Morgan fingerprint density at radius 3 is 1.69 bits per heavy atom. The van der Waals surface area contributed by atoms with Crippen molar-refractivity contribution in [1.29, 1.82) is 0 Å². The van der Waals surface area contributed by atoms with E-state index in [1.54, 1.807) is 0 Å². The molecule has 0 aliphatic carbocycles. The first-order chi connectivity index (χ1) is 31.0. The maximum absolute atomic E-state index is 9.63. The average Bonchev–Trinajstić information content (AvgIpc) is 3.67. The van der Waals surface area contributed by atoms with Gasteiger partial charge in [-0.25, -0.2) is 0 Å². The number of rotatable bonds is 8. The van der Waals surface area contributed by atoms with E-state index in [9.17, 15) is 5.48 Å². The summed E-state index contributed by atoms with van der Waals surface area (Å²) in [5.74, 6) is 0. The highest BCUT2D eigenvalue weighted by Gasteiger charge is 2.20. The molecule has 0 radical (unpaired) electrons. The fourth-order valence-electron chi connectivity index (χ4n) is 8.52. The maximum Gasteiger partial charge on any atom is 0.0645 e. The number of nitrogens with zero attached hydrogens (tertiary/aromatic N) is 3. The number of fused-ring (bicyclic) bond motifs is 5. The molecular weight excluding hydrogens is 715 g/mol. The molecule has 0 saturated carbocycles. The van der Waals surface area contributed by atoms with Gasteiger partial charge in [-0.2, -0.15) is 0 Å². The molecule has 278 valence electrons. The van der Waals surface area contributed by atoms with Crippen LogP contribution >= 0.6 is 0 Å². The number of hydrogen-bond donors (Lipinski definition) is 0. The van der Waals surface area contributed by atoms with Crippen LogP contribution in [0, 0.1) is 0 Å². The number of aromatic nitrogens is 1. The van der Waals surface area contributed by atoms with E-state index < -0.39 is 0 Å². The van der Waals surface area contributed by atoms with Crippen LogP contribution in [0.2, 0.25) is 0 Å². The highest BCUT2D eigenvalue weighted by molar-refractivity contribution is 6.11. The molecule has 0 amide bonds. The number of hydrogen-bond acceptors (Lipinski definition) is 2. The third kappa shape index (κ3) is 6.08. The van der Waals surface area contributed by atoms with Gasteiger partial charge < -0.3 is 14.4 Å². The Morgan fingerprint density at radius 1 is 0.339 bits per heavy atom. The molecule has 1 aromatic heterocycles. The average molecular weight is 758 g/mol. The van der Waals surface area contributed by atoms with Crippen molar-refractivity contribution in [2.45, 2.75) is 0 Å². The van der Waals surface area contributed by atoms with E-state index in [1.807, 2.05) is 120 Å². The van der Waals surface area contributed by atoms with Crippen LogP contribution in [0.15, 0.2) is 236 Å². The quantitative estimate of drug-likeness (QED) is 0.153. The van der Waals surface area contributed by atoms with Gasteiger partial charge in [-0.15, -0.1) is 0 Å². The van der Waals surface area contributed by atoms with Crippen molar-refractivity contribution in [3.63, 3.8) is 0 Å². The SMILES string of the molecule is [2H]c1c([2H])c(N(c2ccccc2)c2ccc3ccccc3c2)c([2H])c([2H])c1-c1cccc2c(N(c3ccccc3)c3ccc4c5ccccc5n(-c5ccccc5)c4c3)cccc12. The van der Waals surface area contributed by atoms with Gasteiger partial charge >= 0.3 is 0 Å². The standard InChI is InChI=1S/C56H39N3/c1-4-18-43(19-5-1)57(47-35-30-40-16-10-11-17-42(40)38-47)46-33-31-41(32-34-46)49-25-14-27-51-50(49)26-15-29-54(51)58(44-20-6-2-7-21-44)48-36-37-53-52-24-12-13-28-55(52)59(56(53)39-48)45-22-8-3-9-23-45/h1-39H/i31D,32D,33D,34D. The third-order valence-corrected chi connectivity index (χ3v) is 11.2. The van der Waals surface area contributed by atoms with E-state index in [0.717, 1.165) is 72.1 Å². The minimum Gasteiger partial charge on any atom is -0.310 e. The first-order valence-corrected chi connectivity index (χ1v) is 19.9. The summed E-state index contributed by atoms with van der Waals surface area (Å²) in [5, 5.41) is 6.14. The van der Waals surface area contributed by atoms with Crippen molar-refractivity contribution in [2.75, 3.05) is 9.80 Å². The van der Waals surface area contributed by atoms with E-state index in [1.165, 1.54) is 5.39 Å². The zero-order chi connectivity index (χ0) is 42.6. The van der Waals surface area contributed by atoms with Crippen LogP contribution in [-0.2, 0) is 0 Å². The first kappa shape index (κ1) is 30.3. The largest absolute Gasteiger partial charge is 0.310 e. The van der Waals surface area contributed by atoms with Gasteiger partial charge in [-0.1, -0.05) is 152 Å². The molecule has 59 heavy (non-hydrogen) atoms. The minimum absolute atomic E-state index is 0.107. The maximum atomic E-state index is 9.63. The predicted octanol–water partition coefficient (Wildman–Crippen LogP) is 15.7. The van der Waals surface area contributed by atoms with E-state index in [0.29, 0.717) is 5.56 Å². The Morgan fingerprint density at radius 2 is 0.915 bits per heavy atom. The monoisotopic (exact) mass is 757 g/mol. The summed E-state index contributed by atoms with van der Waals surface area (Å²) in [5.41, 5.74) is 8.70. The molecule has 0 N–H and O–H groups in total. The van der Waals surface area contributed by atoms with Gasteiger partial charge in [0.1, 0.15) is 0 Å². The van der Waals surface area contributed by atoms with Crippen LogP contribution in [0.25, 0.3) is 60.2 Å². The van der Waals surface area contributed by atoms with E-state index in [-0.39, 0.29) is 35.4 Å². The van der Waals surface area contributed by atoms with Crippen molar-refractivity contribution in [1.82, 2.24) is 4.57 Å². The second-order valence-corrected chi connectivity index (χ2v) is 14.7. The summed E-state index contributed by atoms with van der Waals surface area (Å²) in [6.45, 7) is 0. The topological polar surface area (TPSA) is 11.4 Å². The summed E-state index contributed by atoms with van der Waals surface area (Å²) in [4.78, 5) is 4.10. The Balaban J connectivity index is 1.10. The van der Waals surface area contributed by atoms with Gasteiger partial charge in [0.05, 0.1) is 22.2 Å². The predicted molar refractivity (Wildman–Crippen MR) is 251 cm³/mol. The van der Waals surface area contributed by atoms with Crippen LogP contribution in [0.5, 0.6) is 0 Å². The zero-order valence-corrected chi connectivity index (χ0v) is 32.0. The smallest absolute Gasteiger partial charge is 0.0645 e. The van der Waals surface area contributed by atoms with Crippen molar-refractivity contribution < 1.29 is 5.48 Å². The molecular formula is C56H39N3.